The number of hydrogen-bond acceptors (Lipinski definition) is 1. The van der Waals surface area contributed by atoms with E-state index in [9.17, 15) is 0 Å². The minimum atomic E-state index is -1.08. The molecule has 1 aromatic heterocycles. The molecule has 0 fully saturated rings. The summed E-state index contributed by atoms with van der Waals surface area (Å²) in [6.07, 6.45) is 5.48. The largest absolute Gasteiger partial charge is 1.00 e. The molecule has 7 rings (SSSR count). The van der Waals surface area contributed by atoms with Gasteiger partial charge in [0.05, 0.1) is 14.3 Å². The molecule has 0 spiro atoms. The van der Waals surface area contributed by atoms with Crippen molar-refractivity contribution in [2.45, 2.75) is 69.2 Å². The van der Waals surface area contributed by atoms with Crippen molar-refractivity contribution in [2.75, 3.05) is 0 Å². The molecular weight excluding hydrogens is 591 g/mol. The van der Waals surface area contributed by atoms with Crippen LogP contribution in [0.5, 0.6) is 0 Å². The van der Waals surface area contributed by atoms with Crippen molar-refractivity contribution in [3.05, 3.63) is 94.0 Å². The van der Waals surface area contributed by atoms with Crippen LogP contribution in [0, 0.1) is 5.92 Å². The van der Waals surface area contributed by atoms with Crippen molar-refractivity contribution in [3.63, 3.8) is 0 Å². The predicted molar refractivity (Wildman–Crippen MR) is 148 cm³/mol. The summed E-state index contributed by atoms with van der Waals surface area (Å²) in [6.45, 7) is 16.3. The average molecular weight is 628 g/mol. The molecule has 0 N–H and O–H groups in total. The van der Waals surface area contributed by atoms with E-state index in [0.717, 1.165) is 5.54 Å². The van der Waals surface area contributed by atoms with E-state index in [0.29, 0.717) is 15.5 Å². The van der Waals surface area contributed by atoms with E-state index in [1.807, 2.05) is 6.26 Å². The summed E-state index contributed by atoms with van der Waals surface area (Å²) in [5.41, 5.74) is 12.6. The normalized spacial score (nSPS) is 20.5. The number of halogens is 2. The van der Waals surface area contributed by atoms with Gasteiger partial charge in [-0.2, -0.15) is 0 Å². The zero-order valence-corrected chi connectivity index (χ0v) is 27.9. The summed E-state index contributed by atoms with van der Waals surface area (Å²) in [5.74, 6) is 2.49. The standard InChI is InChI=1S/C22H25.C10H12OSi.2ClH.Zr/c1-5-16(4)17-9-11-18(12-10-17)21-8-6-7-19-13-20(15(2)3)14-22(19)21;1-6-9-7-4-5-11-8(7)10(6)12(9,2)3;;;/h6-16H,5H2,1-4H3;4-5,9H,1-3H3;2*1H;/q;;;;+2/p-2. The van der Waals surface area contributed by atoms with Crippen molar-refractivity contribution < 1.29 is 54.0 Å². The van der Waals surface area contributed by atoms with E-state index >= 15 is 0 Å². The SMILES string of the molecule is CC1=C2c3occc3C1[Si]2(C)C.CCC(C)c1ccc(-c2cccc3c2C=C(C(C)C)[CH]3[Zr+2])cc1.[Cl-].[Cl-]. The Labute approximate surface area is 251 Å². The summed E-state index contributed by atoms with van der Waals surface area (Å²) < 4.78 is 6.15. The summed E-state index contributed by atoms with van der Waals surface area (Å²) in [6, 6.07) is 18.2. The van der Waals surface area contributed by atoms with Crippen LogP contribution in [0.2, 0.25) is 13.1 Å². The Hall–Kier alpha value is -1.12. The first-order chi connectivity index (χ1) is 16.7. The van der Waals surface area contributed by atoms with E-state index in [2.05, 4.69) is 102 Å². The average Bonchev–Trinajstić information content (AvgIpc) is 3.55. The first-order valence-electron chi connectivity index (χ1n) is 13.1. The molecular formula is C32H37Cl2OSiZr. The molecule has 4 aliphatic rings. The number of furan rings is 1. The van der Waals surface area contributed by atoms with Gasteiger partial charge < -0.3 is 29.2 Å². The fraction of sp³-hybridized carbons (Fsp3) is 0.375. The van der Waals surface area contributed by atoms with E-state index in [1.54, 1.807) is 41.1 Å². The van der Waals surface area contributed by atoms with Crippen LogP contribution in [0.3, 0.4) is 0 Å². The van der Waals surface area contributed by atoms with Gasteiger partial charge in [0, 0.05) is 11.1 Å². The number of rotatable bonds is 4. The molecule has 2 aliphatic heterocycles. The minimum Gasteiger partial charge on any atom is -1.00 e. The Morgan fingerprint density at radius 3 is 2.19 bits per heavy atom. The Morgan fingerprint density at radius 1 is 0.946 bits per heavy atom. The van der Waals surface area contributed by atoms with Crippen molar-refractivity contribution in [1.82, 2.24) is 0 Å². The van der Waals surface area contributed by atoms with E-state index in [4.69, 9.17) is 4.42 Å². The molecule has 1 nitrogen and oxygen atoms in total. The van der Waals surface area contributed by atoms with Gasteiger partial charge in [-0.15, -0.1) is 0 Å². The molecule has 3 heterocycles. The molecule has 3 unspecified atom stereocenters. The third-order valence-electron chi connectivity index (χ3n) is 8.59. The van der Waals surface area contributed by atoms with Gasteiger partial charge in [0.2, 0.25) is 0 Å². The first kappa shape index (κ1) is 30.4. The smallest absolute Gasteiger partial charge is 1.00 e. The number of benzene rings is 2. The van der Waals surface area contributed by atoms with Crippen molar-refractivity contribution >= 4 is 19.3 Å². The second-order valence-electron chi connectivity index (χ2n) is 11.4. The topological polar surface area (TPSA) is 13.1 Å². The Bertz CT molecular complexity index is 1330. The van der Waals surface area contributed by atoms with Gasteiger partial charge in [-0.25, -0.2) is 0 Å². The Morgan fingerprint density at radius 2 is 1.62 bits per heavy atom. The van der Waals surface area contributed by atoms with Gasteiger partial charge >= 0.3 is 156 Å². The number of allylic oxidation sites excluding steroid dienone is 2. The van der Waals surface area contributed by atoms with Crippen LogP contribution in [0.15, 0.2) is 70.4 Å². The molecule has 3 aromatic rings. The van der Waals surface area contributed by atoms with Crippen molar-refractivity contribution in [1.29, 1.82) is 0 Å². The van der Waals surface area contributed by atoms with Gasteiger partial charge in [0.15, 0.2) is 0 Å². The van der Waals surface area contributed by atoms with Gasteiger partial charge in [0.25, 0.3) is 0 Å². The predicted octanol–water partition coefficient (Wildman–Crippen LogP) is 3.47. The fourth-order valence-corrected chi connectivity index (χ4v) is 12.4. The molecule has 3 atom stereocenters. The molecule has 2 aliphatic carbocycles. The van der Waals surface area contributed by atoms with Crippen molar-refractivity contribution in [3.8, 4) is 11.1 Å². The zero-order chi connectivity index (χ0) is 25.1. The van der Waals surface area contributed by atoms with Crippen LogP contribution in [0.1, 0.15) is 84.1 Å². The summed E-state index contributed by atoms with van der Waals surface area (Å²) in [5, 5.41) is 1.59. The molecule has 0 saturated carbocycles. The molecule has 5 heteroatoms. The second kappa shape index (κ2) is 11.5. The Balaban J connectivity index is 0.000000229. The van der Waals surface area contributed by atoms with Crippen molar-refractivity contribution in [2.24, 2.45) is 5.92 Å². The van der Waals surface area contributed by atoms with E-state index in [1.165, 1.54) is 45.6 Å². The van der Waals surface area contributed by atoms with Crippen LogP contribution >= 0.6 is 0 Å². The van der Waals surface area contributed by atoms with Gasteiger partial charge in [-0.1, -0.05) is 18.7 Å². The first-order valence-corrected chi connectivity index (χ1v) is 17.6. The third kappa shape index (κ3) is 5.00. The molecule has 0 saturated heterocycles. The van der Waals surface area contributed by atoms with Crippen LogP contribution in [-0.4, -0.2) is 8.07 Å². The fourth-order valence-electron chi connectivity index (χ4n) is 6.51. The maximum atomic E-state index is 5.51. The maximum Gasteiger partial charge on any atom is -1.00 e. The number of hydrogen-bond donors (Lipinski definition) is 0. The maximum absolute atomic E-state index is 5.51. The molecule has 2 bridgehead atoms. The second-order valence-corrected chi connectivity index (χ2v) is 17.3. The molecule has 0 radical (unpaired) electrons. The minimum absolute atomic E-state index is 0. The summed E-state index contributed by atoms with van der Waals surface area (Å²) in [7, 11) is -1.08. The summed E-state index contributed by atoms with van der Waals surface area (Å²) in [4.78, 5) is 0. The summed E-state index contributed by atoms with van der Waals surface area (Å²) >= 11 is 1.60. The quantitative estimate of drug-likeness (QED) is 0.404. The van der Waals surface area contributed by atoms with Crippen LogP contribution < -0.4 is 24.8 Å². The van der Waals surface area contributed by atoms with Crippen LogP contribution in [-0.2, 0) is 24.7 Å². The number of fused-ring (bicyclic) bond motifs is 1. The molecule has 37 heavy (non-hydrogen) atoms. The zero-order valence-electron chi connectivity index (χ0n) is 23.0. The molecule has 2 aromatic carbocycles. The van der Waals surface area contributed by atoms with E-state index < -0.39 is 8.07 Å². The molecule has 193 valence electrons. The van der Waals surface area contributed by atoms with Gasteiger partial charge in [-0.05, 0) is 18.2 Å². The van der Waals surface area contributed by atoms with E-state index in [-0.39, 0.29) is 24.8 Å². The Kier molecular flexibility index (Phi) is 9.50. The van der Waals surface area contributed by atoms with Crippen LogP contribution in [0.25, 0.3) is 22.4 Å². The third-order valence-corrected chi connectivity index (χ3v) is 14.3. The van der Waals surface area contributed by atoms with Gasteiger partial charge in [0.1, 0.15) is 5.76 Å². The van der Waals surface area contributed by atoms with Crippen LogP contribution in [0.4, 0.5) is 0 Å². The monoisotopic (exact) mass is 625 g/mol. The van der Waals surface area contributed by atoms with Gasteiger partial charge in [-0.3, -0.25) is 0 Å². The molecule has 0 amide bonds.